The van der Waals surface area contributed by atoms with Crippen LogP contribution >= 0.6 is 0 Å². The van der Waals surface area contributed by atoms with Gasteiger partial charge in [-0.25, -0.2) is 0 Å². The zero-order valence-electron chi connectivity index (χ0n) is 11.3. The third kappa shape index (κ3) is 4.26. The molecule has 2 rings (SSSR count). The Morgan fingerprint density at radius 2 is 1.95 bits per heavy atom. The van der Waals surface area contributed by atoms with Gasteiger partial charge in [0.2, 0.25) is 0 Å². The first-order valence-corrected chi connectivity index (χ1v) is 6.60. The number of benzene rings is 1. The lowest BCUT2D eigenvalue weighted by molar-refractivity contribution is 0.0908. The van der Waals surface area contributed by atoms with Gasteiger partial charge in [0.05, 0.1) is 13.2 Å². The number of rotatable bonds is 7. The summed E-state index contributed by atoms with van der Waals surface area (Å²) in [6.45, 7) is 1.43. The number of aliphatic hydroxyl groups excluding tert-OH is 1. The van der Waals surface area contributed by atoms with Gasteiger partial charge in [-0.3, -0.25) is 14.7 Å². The van der Waals surface area contributed by atoms with Crippen LogP contribution in [-0.2, 0) is 6.54 Å². The second-order valence-electron chi connectivity index (χ2n) is 4.58. The Morgan fingerprint density at radius 3 is 2.60 bits per heavy atom. The fourth-order valence-corrected chi connectivity index (χ4v) is 2.02. The lowest BCUT2D eigenvalue weighted by Gasteiger charge is -2.20. The maximum atomic E-state index is 12.2. The fourth-order valence-electron chi connectivity index (χ4n) is 2.02. The minimum Gasteiger partial charge on any atom is -0.395 e. The van der Waals surface area contributed by atoms with Crippen molar-refractivity contribution in [2.75, 3.05) is 19.7 Å². The number of hydrogen-bond acceptors (Lipinski definition) is 4. The van der Waals surface area contributed by atoms with Crippen molar-refractivity contribution in [1.29, 1.82) is 0 Å². The minimum atomic E-state index is 0.0162. The summed E-state index contributed by atoms with van der Waals surface area (Å²) in [4.78, 5) is 18.0. The van der Waals surface area contributed by atoms with Crippen molar-refractivity contribution in [3.8, 4) is 0 Å². The summed E-state index contributed by atoms with van der Waals surface area (Å²) >= 11 is 0. The van der Waals surface area contributed by atoms with E-state index in [1.807, 2.05) is 35.2 Å². The molecule has 20 heavy (non-hydrogen) atoms. The summed E-state index contributed by atoms with van der Waals surface area (Å²) in [6.07, 6.45) is 3.22. The highest BCUT2D eigenvalue weighted by Gasteiger charge is 2.12. The van der Waals surface area contributed by atoms with Crippen molar-refractivity contribution in [2.24, 2.45) is 0 Å². The summed E-state index contributed by atoms with van der Waals surface area (Å²) < 4.78 is 0. The number of ketones is 1. The van der Waals surface area contributed by atoms with Gasteiger partial charge in [-0.15, -0.1) is 0 Å². The van der Waals surface area contributed by atoms with Crippen molar-refractivity contribution < 1.29 is 9.90 Å². The Hall–Kier alpha value is -2.04. The third-order valence-electron chi connectivity index (χ3n) is 3.02. The normalized spacial score (nSPS) is 10.7. The summed E-state index contributed by atoms with van der Waals surface area (Å²) in [5, 5.41) is 9.13. The standard InChI is InChI=1S/C16H18N2O2/c19-10-9-18(12-14-5-2-1-3-6-14)13-16(20)15-7-4-8-17-11-15/h1-8,11,19H,9-10,12-13H2. The molecule has 0 aliphatic carbocycles. The summed E-state index contributed by atoms with van der Waals surface area (Å²) in [5.74, 6) is 0.0162. The van der Waals surface area contributed by atoms with Crippen LogP contribution in [0.15, 0.2) is 54.9 Å². The molecule has 1 N–H and O–H groups in total. The molecule has 2 aromatic rings. The molecule has 0 bridgehead atoms. The van der Waals surface area contributed by atoms with E-state index in [1.165, 1.54) is 0 Å². The summed E-state index contributed by atoms with van der Waals surface area (Å²) in [7, 11) is 0. The lowest BCUT2D eigenvalue weighted by atomic mass is 10.1. The van der Waals surface area contributed by atoms with Gasteiger partial charge >= 0.3 is 0 Å². The number of pyridine rings is 1. The van der Waals surface area contributed by atoms with Gasteiger partial charge in [-0.1, -0.05) is 30.3 Å². The molecular weight excluding hydrogens is 252 g/mol. The number of carbonyl (C=O) groups is 1. The first kappa shape index (κ1) is 14.4. The second-order valence-corrected chi connectivity index (χ2v) is 4.58. The van der Waals surface area contributed by atoms with Gasteiger partial charge in [-0.05, 0) is 17.7 Å². The van der Waals surface area contributed by atoms with E-state index in [-0.39, 0.29) is 18.9 Å². The maximum Gasteiger partial charge on any atom is 0.178 e. The monoisotopic (exact) mass is 270 g/mol. The van der Waals surface area contributed by atoms with Crippen LogP contribution in [0.4, 0.5) is 0 Å². The average molecular weight is 270 g/mol. The average Bonchev–Trinajstić information content (AvgIpc) is 2.49. The highest BCUT2D eigenvalue weighted by atomic mass is 16.3. The van der Waals surface area contributed by atoms with Gasteiger partial charge in [0, 0.05) is 31.0 Å². The minimum absolute atomic E-state index is 0.0162. The molecule has 0 unspecified atom stereocenters. The van der Waals surface area contributed by atoms with Crippen LogP contribution in [0.25, 0.3) is 0 Å². The van der Waals surface area contributed by atoms with Gasteiger partial charge in [0.25, 0.3) is 0 Å². The summed E-state index contributed by atoms with van der Waals surface area (Å²) in [6, 6.07) is 13.4. The molecule has 0 radical (unpaired) electrons. The van der Waals surface area contributed by atoms with Gasteiger partial charge in [0.1, 0.15) is 0 Å². The predicted octanol–water partition coefficient (Wildman–Crippen LogP) is 1.76. The number of Topliss-reactive ketones (excluding diaryl/α,β-unsaturated/α-hetero) is 1. The van der Waals surface area contributed by atoms with Crippen LogP contribution in [0, 0.1) is 0 Å². The lowest BCUT2D eigenvalue weighted by Crippen LogP contribution is -2.32. The van der Waals surface area contributed by atoms with E-state index in [0.29, 0.717) is 18.7 Å². The molecule has 4 nitrogen and oxygen atoms in total. The van der Waals surface area contributed by atoms with Crippen LogP contribution in [-0.4, -0.2) is 40.5 Å². The second kappa shape index (κ2) is 7.53. The van der Waals surface area contributed by atoms with Crippen LogP contribution in [0.5, 0.6) is 0 Å². The zero-order valence-corrected chi connectivity index (χ0v) is 11.3. The van der Waals surface area contributed by atoms with Gasteiger partial charge < -0.3 is 5.11 Å². The number of carbonyl (C=O) groups excluding carboxylic acids is 1. The van der Waals surface area contributed by atoms with E-state index in [2.05, 4.69) is 4.98 Å². The highest BCUT2D eigenvalue weighted by molar-refractivity contribution is 5.97. The van der Waals surface area contributed by atoms with E-state index in [4.69, 9.17) is 5.11 Å². The smallest absolute Gasteiger partial charge is 0.178 e. The van der Waals surface area contributed by atoms with E-state index in [1.54, 1.807) is 24.5 Å². The number of hydrogen-bond donors (Lipinski definition) is 1. The molecule has 1 heterocycles. The zero-order chi connectivity index (χ0) is 14.2. The Morgan fingerprint density at radius 1 is 1.15 bits per heavy atom. The Bertz CT molecular complexity index is 529. The van der Waals surface area contributed by atoms with Crippen molar-refractivity contribution in [1.82, 2.24) is 9.88 Å². The molecule has 0 saturated heterocycles. The van der Waals surface area contributed by atoms with E-state index >= 15 is 0 Å². The molecule has 0 atom stereocenters. The molecule has 0 spiro atoms. The van der Waals surface area contributed by atoms with Crippen LogP contribution in [0.1, 0.15) is 15.9 Å². The van der Waals surface area contributed by atoms with Gasteiger partial charge in [0.15, 0.2) is 5.78 Å². The highest BCUT2D eigenvalue weighted by Crippen LogP contribution is 2.06. The van der Waals surface area contributed by atoms with Crippen molar-refractivity contribution in [3.05, 3.63) is 66.0 Å². The fraction of sp³-hybridized carbons (Fsp3) is 0.250. The topological polar surface area (TPSA) is 53.4 Å². The Balaban J connectivity index is 2.00. The molecule has 1 aromatic heterocycles. The van der Waals surface area contributed by atoms with Crippen LogP contribution in [0.3, 0.4) is 0 Å². The van der Waals surface area contributed by atoms with Crippen LogP contribution in [0.2, 0.25) is 0 Å². The van der Waals surface area contributed by atoms with Crippen molar-refractivity contribution in [2.45, 2.75) is 6.54 Å². The van der Waals surface area contributed by atoms with Crippen molar-refractivity contribution >= 4 is 5.78 Å². The molecular formula is C16H18N2O2. The predicted molar refractivity (Wildman–Crippen MR) is 77.4 cm³/mol. The van der Waals surface area contributed by atoms with E-state index in [0.717, 1.165) is 5.56 Å². The van der Waals surface area contributed by atoms with E-state index < -0.39 is 0 Å². The maximum absolute atomic E-state index is 12.2. The number of aliphatic hydroxyl groups is 1. The Labute approximate surface area is 118 Å². The van der Waals surface area contributed by atoms with Crippen molar-refractivity contribution in [3.63, 3.8) is 0 Å². The molecule has 1 aromatic carbocycles. The largest absolute Gasteiger partial charge is 0.395 e. The van der Waals surface area contributed by atoms with Gasteiger partial charge in [-0.2, -0.15) is 0 Å². The number of aromatic nitrogens is 1. The first-order chi connectivity index (χ1) is 9.79. The molecule has 0 aliphatic rings. The van der Waals surface area contributed by atoms with E-state index in [9.17, 15) is 4.79 Å². The molecule has 0 amide bonds. The summed E-state index contributed by atoms with van der Waals surface area (Å²) in [5.41, 5.74) is 1.73. The third-order valence-corrected chi connectivity index (χ3v) is 3.02. The number of nitrogens with zero attached hydrogens (tertiary/aromatic N) is 2. The Kier molecular flexibility index (Phi) is 5.41. The molecule has 0 aliphatic heterocycles. The molecule has 104 valence electrons. The molecule has 0 saturated carbocycles. The first-order valence-electron chi connectivity index (χ1n) is 6.60. The molecule has 0 fully saturated rings. The molecule has 4 heteroatoms. The van der Waals surface area contributed by atoms with Crippen LogP contribution < -0.4 is 0 Å². The quantitative estimate of drug-likeness (QED) is 0.779. The SMILES string of the molecule is O=C(CN(CCO)Cc1ccccc1)c1cccnc1.